The summed E-state index contributed by atoms with van der Waals surface area (Å²) in [6, 6.07) is 0. The van der Waals surface area contributed by atoms with Crippen molar-refractivity contribution in [3.05, 3.63) is 16.6 Å². The van der Waals surface area contributed by atoms with Crippen molar-refractivity contribution < 1.29 is 4.79 Å². The monoisotopic (exact) mass is 281 g/mol. The van der Waals surface area contributed by atoms with Crippen LogP contribution in [0, 0.1) is 11.8 Å². The Morgan fingerprint density at radius 1 is 1.68 bits per heavy atom. The second-order valence-corrected chi connectivity index (χ2v) is 6.24. The van der Waals surface area contributed by atoms with E-state index in [-0.39, 0.29) is 5.91 Å². The zero-order valence-corrected chi connectivity index (χ0v) is 12.6. The molecule has 19 heavy (non-hydrogen) atoms. The summed E-state index contributed by atoms with van der Waals surface area (Å²) in [5, 5.41) is 5.42. The van der Waals surface area contributed by atoms with E-state index >= 15 is 0 Å². The Balaban J connectivity index is 1.79. The summed E-state index contributed by atoms with van der Waals surface area (Å²) in [5.74, 6) is 1.33. The minimum atomic E-state index is 0.228. The maximum absolute atomic E-state index is 12.2. The van der Waals surface area contributed by atoms with Crippen molar-refractivity contribution in [3.63, 3.8) is 0 Å². The molecule has 1 amide bonds. The van der Waals surface area contributed by atoms with Crippen LogP contribution in [0.4, 0.5) is 0 Å². The number of hydrogen-bond donors (Lipinski definition) is 1. The molecule has 1 aromatic heterocycles. The highest BCUT2D eigenvalue weighted by atomic mass is 32.1. The van der Waals surface area contributed by atoms with Crippen LogP contribution < -0.4 is 5.32 Å². The standard InChI is InChI=1S/C14H23N3OS/c1-11(12-4-3-5-15-7-12)6-14(18)17(2)8-13-9-19-10-16-13/h9-12,15H,3-8H2,1-2H3. The molecule has 5 heteroatoms. The lowest BCUT2D eigenvalue weighted by molar-refractivity contribution is -0.131. The van der Waals surface area contributed by atoms with E-state index < -0.39 is 0 Å². The summed E-state index contributed by atoms with van der Waals surface area (Å²) in [7, 11) is 1.87. The van der Waals surface area contributed by atoms with Crippen molar-refractivity contribution in [3.8, 4) is 0 Å². The maximum Gasteiger partial charge on any atom is 0.222 e. The molecule has 1 fully saturated rings. The molecule has 106 valence electrons. The fourth-order valence-electron chi connectivity index (χ4n) is 2.61. The lowest BCUT2D eigenvalue weighted by Crippen LogP contribution is -2.36. The summed E-state index contributed by atoms with van der Waals surface area (Å²) >= 11 is 1.57. The third-order valence-corrected chi connectivity index (χ3v) is 4.58. The van der Waals surface area contributed by atoms with Gasteiger partial charge in [0.05, 0.1) is 17.7 Å². The largest absolute Gasteiger partial charge is 0.340 e. The molecule has 4 nitrogen and oxygen atoms in total. The van der Waals surface area contributed by atoms with Crippen LogP contribution in [0.2, 0.25) is 0 Å². The number of nitrogens with zero attached hydrogens (tertiary/aromatic N) is 2. The van der Waals surface area contributed by atoms with E-state index in [1.807, 2.05) is 17.9 Å². The van der Waals surface area contributed by atoms with Crippen molar-refractivity contribution in [2.75, 3.05) is 20.1 Å². The Bertz CT molecular complexity index is 387. The molecule has 1 aliphatic rings. The Hall–Kier alpha value is -0.940. The van der Waals surface area contributed by atoms with Gasteiger partial charge in [0.1, 0.15) is 0 Å². The van der Waals surface area contributed by atoms with E-state index in [9.17, 15) is 4.79 Å². The zero-order valence-electron chi connectivity index (χ0n) is 11.8. The van der Waals surface area contributed by atoms with Gasteiger partial charge in [-0.05, 0) is 37.8 Å². The molecule has 0 bridgehead atoms. The molecule has 1 aliphatic heterocycles. The number of carbonyl (C=O) groups excluding carboxylic acids is 1. The van der Waals surface area contributed by atoms with Crippen molar-refractivity contribution in [1.29, 1.82) is 0 Å². The number of carbonyl (C=O) groups is 1. The van der Waals surface area contributed by atoms with E-state index in [1.54, 1.807) is 16.2 Å². The third kappa shape index (κ3) is 4.28. The van der Waals surface area contributed by atoms with Gasteiger partial charge in [0.2, 0.25) is 5.91 Å². The number of aromatic nitrogens is 1. The van der Waals surface area contributed by atoms with Crippen molar-refractivity contribution in [1.82, 2.24) is 15.2 Å². The van der Waals surface area contributed by atoms with E-state index in [4.69, 9.17) is 0 Å². The fraction of sp³-hybridized carbons (Fsp3) is 0.714. The summed E-state index contributed by atoms with van der Waals surface area (Å²) in [6.07, 6.45) is 3.13. The molecule has 1 saturated heterocycles. The zero-order chi connectivity index (χ0) is 13.7. The van der Waals surface area contributed by atoms with E-state index in [1.165, 1.54) is 12.8 Å². The topological polar surface area (TPSA) is 45.2 Å². The molecule has 1 N–H and O–H groups in total. The molecule has 0 radical (unpaired) electrons. The van der Waals surface area contributed by atoms with Crippen LogP contribution in [-0.2, 0) is 11.3 Å². The number of piperidine rings is 1. The molecule has 1 aromatic rings. The van der Waals surface area contributed by atoms with Crippen molar-refractivity contribution >= 4 is 17.2 Å². The quantitative estimate of drug-likeness (QED) is 0.899. The first-order valence-corrected chi connectivity index (χ1v) is 7.93. The van der Waals surface area contributed by atoms with E-state index in [2.05, 4.69) is 17.2 Å². The van der Waals surface area contributed by atoms with Crippen molar-refractivity contribution in [2.24, 2.45) is 11.8 Å². The normalized spacial score (nSPS) is 21.1. The van der Waals surface area contributed by atoms with Crippen LogP contribution in [0.3, 0.4) is 0 Å². The molecule has 0 aromatic carbocycles. The van der Waals surface area contributed by atoms with Crippen LogP contribution >= 0.6 is 11.3 Å². The average molecular weight is 281 g/mol. The van der Waals surface area contributed by atoms with Gasteiger partial charge in [-0.15, -0.1) is 11.3 Å². The highest BCUT2D eigenvalue weighted by molar-refractivity contribution is 7.07. The second-order valence-electron chi connectivity index (χ2n) is 5.52. The smallest absolute Gasteiger partial charge is 0.222 e. The van der Waals surface area contributed by atoms with Gasteiger partial charge >= 0.3 is 0 Å². The summed E-state index contributed by atoms with van der Waals surface area (Å²) in [4.78, 5) is 18.2. The predicted octanol–water partition coefficient (Wildman–Crippen LogP) is 2.13. The van der Waals surface area contributed by atoms with Crippen molar-refractivity contribution in [2.45, 2.75) is 32.7 Å². The van der Waals surface area contributed by atoms with E-state index in [0.29, 0.717) is 24.8 Å². The van der Waals surface area contributed by atoms with Crippen LogP contribution in [-0.4, -0.2) is 35.9 Å². The molecule has 2 heterocycles. The minimum absolute atomic E-state index is 0.228. The molecule has 2 unspecified atom stereocenters. The highest BCUT2D eigenvalue weighted by Gasteiger charge is 2.23. The average Bonchev–Trinajstić information content (AvgIpc) is 2.92. The molecule has 0 aliphatic carbocycles. The van der Waals surface area contributed by atoms with Gasteiger partial charge in [0.15, 0.2) is 0 Å². The molecule has 2 rings (SSSR count). The lowest BCUT2D eigenvalue weighted by Gasteiger charge is -2.29. The van der Waals surface area contributed by atoms with Gasteiger partial charge in [-0.25, -0.2) is 4.98 Å². The van der Waals surface area contributed by atoms with Crippen LogP contribution in [0.25, 0.3) is 0 Å². The van der Waals surface area contributed by atoms with Gasteiger partial charge in [-0.1, -0.05) is 6.92 Å². The lowest BCUT2D eigenvalue weighted by atomic mass is 9.85. The SMILES string of the molecule is CC(CC(=O)N(C)Cc1cscn1)C1CCCNC1. The number of amides is 1. The summed E-state index contributed by atoms with van der Waals surface area (Å²) in [6.45, 7) is 5.01. The minimum Gasteiger partial charge on any atom is -0.340 e. The first-order valence-electron chi connectivity index (χ1n) is 6.98. The number of nitrogens with one attached hydrogen (secondary N) is 1. The second kappa shape index (κ2) is 7.01. The summed E-state index contributed by atoms with van der Waals surface area (Å²) < 4.78 is 0. The Labute approximate surface area is 119 Å². The predicted molar refractivity (Wildman–Crippen MR) is 78.0 cm³/mol. The molecular weight excluding hydrogens is 258 g/mol. The van der Waals surface area contributed by atoms with Crippen LogP contribution in [0.5, 0.6) is 0 Å². The number of rotatable bonds is 5. The van der Waals surface area contributed by atoms with Crippen LogP contribution in [0.1, 0.15) is 31.9 Å². The molecule has 0 saturated carbocycles. The van der Waals surface area contributed by atoms with Gasteiger partial charge in [0, 0.05) is 18.8 Å². The Kier molecular flexibility index (Phi) is 5.34. The molecule has 0 spiro atoms. The number of hydrogen-bond acceptors (Lipinski definition) is 4. The highest BCUT2D eigenvalue weighted by Crippen LogP contribution is 2.23. The van der Waals surface area contributed by atoms with Gasteiger partial charge in [-0.3, -0.25) is 4.79 Å². The summed E-state index contributed by atoms with van der Waals surface area (Å²) in [5.41, 5.74) is 2.79. The first-order chi connectivity index (χ1) is 9.16. The van der Waals surface area contributed by atoms with Crippen LogP contribution in [0.15, 0.2) is 10.9 Å². The fourth-order valence-corrected chi connectivity index (χ4v) is 3.16. The molecular formula is C14H23N3OS. The van der Waals surface area contributed by atoms with E-state index in [0.717, 1.165) is 18.8 Å². The first kappa shape index (κ1) is 14.5. The van der Waals surface area contributed by atoms with Gasteiger partial charge in [0.25, 0.3) is 0 Å². The van der Waals surface area contributed by atoms with Gasteiger partial charge < -0.3 is 10.2 Å². The van der Waals surface area contributed by atoms with Gasteiger partial charge in [-0.2, -0.15) is 0 Å². The Morgan fingerprint density at radius 2 is 2.53 bits per heavy atom. The maximum atomic E-state index is 12.2. The third-order valence-electron chi connectivity index (χ3n) is 3.94. The number of thiazole rings is 1. The molecule has 2 atom stereocenters. The Morgan fingerprint density at radius 3 is 3.16 bits per heavy atom.